The second-order valence-corrected chi connectivity index (χ2v) is 10.1. The van der Waals surface area contributed by atoms with Gasteiger partial charge in [-0.1, -0.05) is 30.3 Å². The molecule has 0 unspecified atom stereocenters. The Balaban J connectivity index is 1.60. The Morgan fingerprint density at radius 2 is 1.69 bits per heavy atom. The van der Waals surface area contributed by atoms with Crippen molar-refractivity contribution in [3.05, 3.63) is 89.7 Å². The van der Waals surface area contributed by atoms with Crippen molar-refractivity contribution < 1.29 is 26.3 Å². The minimum Gasteiger partial charge on any atom is -0.378 e. The van der Waals surface area contributed by atoms with E-state index in [1.165, 1.54) is 24.4 Å². The quantitative estimate of drug-likeness (QED) is 0.396. The molecule has 0 spiro atoms. The van der Waals surface area contributed by atoms with Gasteiger partial charge in [0.15, 0.2) is 0 Å². The molecule has 1 saturated heterocycles. The second kappa shape index (κ2) is 9.01. The lowest BCUT2D eigenvalue weighted by molar-refractivity contribution is -0.137. The van der Waals surface area contributed by atoms with Crippen molar-refractivity contribution in [3.8, 4) is 0 Å². The summed E-state index contributed by atoms with van der Waals surface area (Å²) in [5.41, 5.74) is 0.551. The van der Waals surface area contributed by atoms with Crippen molar-refractivity contribution in [1.82, 2.24) is 8.96 Å². The third kappa shape index (κ3) is 4.63. The van der Waals surface area contributed by atoms with Gasteiger partial charge in [0, 0.05) is 36.8 Å². The Bertz CT molecular complexity index is 1440. The summed E-state index contributed by atoms with van der Waals surface area (Å²) in [4.78, 5) is 6.31. The standard InChI is InChI=1S/C25H22F3N3O3S/c26-25(27,28)20-6-8-23-19(15-20)16-21(14-18-4-2-1-3-5-18)31(23)35(32,33)22-7-9-24(29-17-22)30-10-12-34-13-11-30/h1-9,15-17H,10-14H2. The number of hydrogen-bond donors (Lipinski definition) is 0. The Hall–Kier alpha value is -3.37. The van der Waals surface area contributed by atoms with Gasteiger partial charge in [0.05, 0.1) is 24.3 Å². The molecule has 6 nitrogen and oxygen atoms in total. The zero-order valence-electron chi connectivity index (χ0n) is 18.6. The fourth-order valence-corrected chi connectivity index (χ4v) is 5.73. The normalized spacial score (nSPS) is 15.0. The second-order valence-electron chi connectivity index (χ2n) is 8.29. The number of hydrogen-bond acceptors (Lipinski definition) is 5. The summed E-state index contributed by atoms with van der Waals surface area (Å²) in [6.07, 6.45) is -3.01. The molecule has 10 heteroatoms. The summed E-state index contributed by atoms with van der Waals surface area (Å²) in [7, 11) is -4.14. The van der Waals surface area contributed by atoms with E-state index in [2.05, 4.69) is 4.98 Å². The van der Waals surface area contributed by atoms with Crippen LogP contribution in [0.2, 0.25) is 0 Å². The van der Waals surface area contributed by atoms with Crippen molar-refractivity contribution in [2.75, 3.05) is 31.2 Å². The van der Waals surface area contributed by atoms with Gasteiger partial charge in [0.25, 0.3) is 10.0 Å². The molecule has 182 valence electrons. The van der Waals surface area contributed by atoms with E-state index in [1.54, 1.807) is 6.07 Å². The molecule has 1 fully saturated rings. The first-order valence-electron chi connectivity index (χ1n) is 11.0. The maximum atomic E-state index is 13.8. The van der Waals surface area contributed by atoms with Gasteiger partial charge in [-0.25, -0.2) is 17.4 Å². The number of morpholine rings is 1. The predicted octanol–water partition coefficient (Wildman–Crippen LogP) is 4.72. The summed E-state index contributed by atoms with van der Waals surface area (Å²) in [6, 6.07) is 16.9. The van der Waals surface area contributed by atoms with E-state index in [9.17, 15) is 21.6 Å². The van der Waals surface area contributed by atoms with Gasteiger partial charge in [-0.15, -0.1) is 0 Å². The van der Waals surface area contributed by atoms with Crippen molar-refractivity contribution >= 4 is 26.7 Å². The molecule has 2 aromatic carbocycles. The first kappa shape index (κ1) is 23.4. The van der Waals surface area contributed by atoms with Gasteiger partial charge in [-0.2, -0.15) is 13.2 Å². The van der Waals surface area contributed by atoms with Gasteiger partial charge in [0.1, 0.15) is 10.7 Å². The SMILES string of the molecule is O=S(=O)(c1ccc(N2CCOCC2)nc1)n1c(Cc2ccccc2)cc2cc(C(F)(F)F)ccc21. The van der Waals surface area contributed by atoms with Gasteiger partial charge in [0.2, 0.25) is 0 Å². The summed E-state index contributed by atoms with van der Waals surface area (Å²) >= 11 is 0. The molecular weight excluding hydrogens is 479 g/mol. The monoisotopic (exact) mass is 501 g/mol. The summed E-state index contributed by atoms with van der Waals surface area (Å²) in [5.74, 6) is 0.643. The third-order valence-corrected chi connectivity index (χ3v) is 7.73. The smallest absolute Gasteiger partial charge is 0.378 e. The molecule has 4 aromatic rings. The predicted molar refractivity (Wildman–Crippen MR) is 126 cm³/mol. The molecular formula is C25H22F3N3O3S. The Morgan fingerprint density at radius 3 is 2.34 bits per heavy atom. The van der Waals surface area contributed by atoms with Crippen LogP contribution in [0.5, 0.6) is 0 Å². The van der Waals surface area contributed by atoms with Crippen LogP contribution in [0.4, 0.5) is 19.0 Å². The van der Waals surface area contributed by atoms with E-state index < -0.39 is 21.8 Å². The Morgan fingerprint density at radius 1 is 0.943 bits per heavy atom. The molecule has 0 atom stereocenters. The number of alkyl halides is 3. The number of nitrogens with zero attached hydrogens (tertiary/aromatic N) is 3. The van der Waals surface area contributed by atoms with Crippen LogP contribution in [0, 0.1) is 0 Å². The number of benzene rings is 2. The average molecular weight is 502 g/mol. The maximum absolute atomic E-state index is 13.8. The number of fused-ring (bicyclic) bond motifs is 1. The van der Waals surface area contributed by atoms with Crippen LogP contribution in [0.1, 0.15) is 16.8 Å². The van der Waals surface area contributed by atoms with Crippen LogP contribution < -0.4 is 4.90 Å². The zero-order valence-corrected chi connectivity index (χ0v) is 19.4. The highest BCUT2D eigenvalue weighted by molar-refractivity contribution is 7.90. The maximum Gasteiger partial charge on any atom is 0.416 e. The zero-order chi connectivity index (χ0) is 24.6. The van der Waals surface area contributed by atoms with Crippen LogP contribution in [-0.2, 0) is 27.4 Å². The first-order valence-corrected chi connectivity index (χ1v) is 12.5. The van der Waals surface area contributed by atoms with E-state index in [0.717, 1.165) is 21.7 Å². The first-order chi connectivity index (χ1) is 16.7. The molecule has 5 rings (SSSR count). The van der Waals surface area contributed by atoms with E-state index in [0.29, 0.717) is 37.8 Å². The molecule has 1 aliphatic heterocycles. The number of aromatic nitrogens is 2. The summed E-state index contributed by atoms with van der Waals surface area (Å²) in [6.45, 7) is 2.45. The fraction of sp³-hybridized carbons (Fsp3) is 0.240. The Kier molecular flexibility index (Phi) is 6.02. The average Bonchev–Trinajstić information content (AvgIpc) is 3.22. The molecule has 0 saturated carbocycles. The summed E-state index contributed by atoms with van der Waals surface area (Å²) < 4.78 is 73.9. The highest BCUT2D eigenvalue weighted by atomic mass is 32.2. The molecule has 0 radical (unpaired) electrons. The fourth-order valence-electron chi connectivity index (χ4n) is 4.25. The van der Waals surface area contributed by atoms with Crippen molar-refractivity contribution in [2.45, 2.75) is 17.5 Å². The van der Waals surface area contributed by atoms with Gasteiger partial charge >= 0.3 is 6.18 Å². The van der Waals surface area contributed by atoms with Crippen LogP contribution >= 0.6 is 0 Å². The number of ether oxygens (including phenoxy) is 1. The lowest BCUT2D eigenvalue weighted by atomic mass is 10.1. The highest BCUT2D eigenvalue weighted by Gasteiger charge is 2.32. The molecule has 0 N–H and O–H groups in total. The van der Waals surface area contributed by atoms with Crippen molar-refractivity contribution in [3.63, 3.8) is 0 Å². The van der Waals surface area contributed by atoms with Crippen molar-refractivity contribution in [2.24, 2.45) is 0 Å². The number of anilines is 1. The van der Waals surface area contributed by atoms with E-state index in [-0.39, 0.29) is 22.2 Å². The van der Waals surface area contributed by atoms with E-state index in [1.807, 2.05) is 35.2 Å². The lowest BCUT2D eigenvalue weighted by Gasteiger charge is -2.27. The molecule has 0 aliphatic carbocycles. The Labute approximate surface area is 200 Å². The largest absolute Gasteiger partial charge is 0.416 e. The van der Waals surface area contributed by atoms with E-state index >= 15 is 0 Å². The number of pyridine rings is 1. The molecule has 3 heterocycles. The van der Waals surface area contributed by atoms with Crippen LogP contribution in [0.3, 0.4) is 0 Å². The molecule has 0 amide bonds. The molecule has 1 aliphatic rings. The van der Waals surface area contributed by atoms with Crippen molar-refractivity contribution in [1.29, 1.82) is 0 Å². The molecule has 0 bridgehead atoms. The van der Waals surface area contributed by atoms with Gasteiger partial charge < -0.3 is 9.64 Å². The number of rotatable bonds is 5. The minimum atomic E-state index is -4.53. The van der Waals surface area contributed by atoms with Gasteiger partial charge in [-0.3, -0.25) is 0 Å². The third-order valence-electron chi connectivity index (χ3n) is 5.98. The summed E-state index contributed by atoms with van der Waals surface area (Å²) in [5, 5.41) is 0.201. The minimum absolute atomic E-state index is 0.0405. The number of halogens is 3. The van der Waals surface area contributed by atoms with Gasteiger partial charge in [-0.05, 0) is 42.0 Å². The lowest BCUT2D eigenvalue weighted by Crippen LogP contribution is -2.36. The topological polar surface area (TPSA) is 64.4 Å². The van der Waals surface area contributed by atoms with Crippen LogP contribution in [-0.4, -0.2) is 43.7 Å². The van der Waals surface area contributed by atoms with Crippen LogP contribution in [0.25, 0.3) is 10.9 Å². The van der Waals surface area contributed by atoms with Crippen LogP contribution in [0.15, 0.2) is 77.8 Å². The van der Waals surface area contributed by atoms with E-state index in [4.69, 9.17) is 4.74 Å². The highest BCUT2D eigenvalue weighted by Crippen LogP contribution is 2.34. The molecule has 35 heavy (non-hydrogen) atoms. The molecule has 2 aromatic heterocycles.